The number of amides is 1. The van der Waals surface area contributed by atoms with Crippen molar-refractivity contribution in [3.63, 3.8) is 0 Å². The molecule has 0 aliphatic carbocycles. The first-order valence-corrected chi connectivity index (χ1v) is 8.85. The summed E-state index contributed by atoms with van der Waals surface area (Å²) in [4.78, 5) is 18.9. The highest BCUT2D eigenvalue weighted by molar-refractivity contribution is 5.92. The Morgan fingerprint density at radius 3 is 2.73 bits per heavy atom. The number of nitrogens with zero attached hydrogens (tertiary/aromatic N) is 2. The molecule has 1 aliphatic heterocycles. The zero-order chi connectivity index (χ0) is 18.5. The quantitative estimate of drug-likeness (QED) is 0.886. The highest BCUT2D eigenvalue weighted by Crippen LogP contribution is 2.31. The first-order chi connectivity index (χ1) is 12.6. The number of rotatable bonds is 5. The fourth-order valence-corrected chi connectivity index (χ4v) is 3.20. The minimum absolute atomic E-state index is 0.00191. The number of nitrogens with one attached hydrogen (secondary N) is 1. The number of aromatic nitrogens is 1. The molecule has 1 aromatic heterocycles. The summed E-state index contributed by atoms with van der Waals surface area (Å²) in [6, 6.07) is 9.14. The molecule has 6 nitrogen and oxygen atoms in total. The average molecular weight is 355 g/mol. The molecule has 0 saturated carbocycles. The number of benzene rings is 1. The van der Waals surface area contributed by atoms with Crippen LogP contribution in [0, 0.1) is 5.92 Å². The Morgan fingerprint density at radius 2 is 2.08 bits per heavy atom. The van der Waals surface area contributed by atoms with Gasteiger partial charge in [0.2, 0.25) is 0 Å². The lowest BCUT2D eigenvalue weighted by atomic mass is 10.00. The van der Waals surface area contributed by atoms with Gasteiger partial charge in [0.1, 0.15) is 17.2 Å². The van der Waals surface area contributed by atoms with Crippen molar-refractivity contribution in [2.75, 3.05) is 32.6 Å². The zero-order valence-electron chi connectivity index (χ0n) is 15.5. The minimum Gasteiger partial charge on any atom is -0.497 e. The number of likely N-dealkylation sites (tertiary alicyclic amines) is 1. The van der Waals surface area contributed by atoms with Crippen LogP contribution in [0.3, 0.4) is 0 Å². The summed E-state index contributed by atoms with van der Waals surface area (Å²) in [6.07, 6.45) is 3.91. The Hall–Kier alpha value is -2.76. The Kier molecular flexibility index (Phi) is 5.61. The van der Waals surface area contributed by atoms with Crippen molar-refractivity contribution in [3.8, 4) is 11.5 Å². The van der Waals surface area contributed by atoms with Crippen LogP contribution in [0.15, 0.2) is 36.5 Å². The van der Waals surface area contributed by atoms with Crippen molar-refractivity contribution < 1.29 is 14.3 Å². The molecule has 138 valence electrons. The minimum atomic E-state index is 0.00191. The SMILES string of the molecule is COc1ccc(OC)c(Nc2ccc(C(=O)N3CCCC(C)C3)nc2)c1. The third-order valence-electron chi connectivity index (χ3n) is 4.61. The number of carbonyl (C=O) groups is 1. The van der Waals surface area contributed by atoms with Crippen LogP contribution in [0.4, 0.5) is 11.4 Å². The van der Waals surface area contributed by atoms with E-state index in [1.165, 1.54) is 6.42 Å². The number of methoxy groups -OCH3 is 2. The molecule has 1 unspecified atom stereocenters. The van der Waals surface area contributed by atoms with Crippen molar-refractivity contribution in [1.82, 2.24) is 9.88 Å². The third-order valence-corrected chi connectivity index (χ3v) is 4.61. The van der Waals surface area contributed by atoms with Crippen LogP contribution in [0.1, 0.15) is 30.3 Å². The number of pyridine rings is 1. The van der Waals surface area contributed by atoms with Crippen molar-refractivity contribution in [2.45, 2.75) is 19.8 Å². The van der Waals surface area contributed by atoms with E-state index < -0.39 is 0 Å². The van der Waals surface area contributed by atoms with Gasteiger partial charge in [-0.15, -0.1) is 0 Å². The van der Waals surface area contributed by atoms with Gasteiger partial charge in [0, 0.05) is 19.2 Å². The van der Waals surface area contributed by atoms with Crippen molar-refractivity contribution >= 4 is 17.3 Å². The number of ether oxygens (including phenoxy) is 2. The van der Waals surface area contributed by atoms with E-state index in [1.807, 2.05) is 29.2 Å². The second kappa shape index (κ2) is 8.08. The average Bonchev–Trinajstić information content (AvgIpc) is 2.68. The van der Waals surface area contributed by atoms with Gasteiger partial charge in [-0.1, -0.05) is 6.92 Å². The van der Waals surface area contributed by atoms with E-state index in [4.69, 9.17) is 9.47 Å². The molecule has 0 radical (unpaired) electrons. The molecule has 3 rings (SSSR count). The van der Waals surface area contributed by atoms with E-state index in [0.717, 1.165) is 36.6 Å². The summed E-state index contributed by atoms with van der Waals surface area (Å²) in [5, 5.41) is 3.26. The fraction of sp³-hybridized carbons (Fsp3) is 0.400. The van der Waals surface area contributed by atoms with Gasteiger partial charge in [0.15, 0.2) is 0 Å². The van der Waals surface area contributed by atoms with Crippen molar-refractivity contribution in [2.24, 2.45) is 5.92 Å². The predicted octanol–water partition coefficient (Wildman–Crippen LogP) is 3.71. The Balaban J connectivity index is 1.73. The first kappa shape index (κ1) is 18.0. The summed E-state index contributed by atoms with van der Waals surface area (Å²) in [5.74, 6) is 1.98. The summed E-state index contributed by atoms with van der Waals surface area (Å²) in [5.41, 5.74) is 2.03. The van der Waals surface area contributed by atoms with E-state index in [0.29, 0.717) is 17.4 Å². The molecular formula is C20H25N3O3. The third kappa shape index (κ3) is 4.07. The van der Waals surface area contributed by atoms with E-state index >= 15 is 0 Å². The van der Waals surface area contributed by atoms with Crippen LogP contribution < -0.4 is 14.8 Å². The highest BCUT2D eigenvalue weighted by Gasteiger charge is 2.22. The maximum atomic E-state index is 12.6. The first-order valence-electron chi connectivity index (χ1n) is 8.85. The summed E-state index contributed by atoms with van der Waals surface area (Å²) in [7, 11) is 3.24. The Labute approximate surface area is 154 Å². The van der Waals surface area contributed by atoms with Crippen LogP contribution in [0.5, 0.6) is 11.5 Å². The lowest BCUT2D eigenvalue weighted by Crippen LogP contribution is -2.39. The van der Waals surface area contributed by atoms with Gasteiger partial charge in [0.25, 0.3) is 5.91 Å². The van der Waals surface area contributed by atoms with Crippen LogP contribution >= 0.6 is 0 Å². The fourth-order valence-electron chi connectivity index (χ4n) is 3.20. The standard InChI is InChI=1S/C20H25N3O3/c1-14-5-4-10-23(13-14)20(24)17-8-6-15(12-21-17)22-18-11-16(25-2)7-9-19(18)26-3/h6-9,11-12,14,22H,4-5,10,13H2,1-3H3. The monoisotopic (exact) mass is 355 g/mol. The van der Waals surface area contributed by atoms with Crippen LogP contribution in [0.2, 0.25) is 0 Å². The van der Waals surface area contributed by atoms with Gasteiger partial charge < -0.3 is 19.7 Å². The van der Waals surface area contributed by atoms with Crippen LogP contribution in [-0.4, -0.2) is 43.1 Å². The molecule has 1 aromatic carbocycles. The second-order valence-electron chi connectivity index (χ2n) is 6.62. The molecule has 1 fully saturated rings. The molecular weight excluding hydrogens is 330 g/mol. The summed E-state index contributed by atoms with van der Waals surface area (Å²) < 4.78 is 10.6. The topological polar surface area (TPSA) is 63.7 Å². The Bertz CT molecular complexity index is 761. The lowest BCUT2D eigenvalue weighted by Gasteiger charge is -2.30. The number of piperidine rings is 1. The number of hydrogen-bond acceptors (Lipinski definition) is 5. The number of anilines is 2. The predicted molar refractivity (Wildman–Crippen MR) is 101 cm³/mol. The largest absolute Gasteiger partial charge is 0.497 e. The molecule has 0 bridgehead atoms. The molecule has 1 N–H and O–H groups in total. The Morgan fingerprint density at radius 1 is 1.23 bits per heavy atom. The number of carbonyl (C=O) groups excluding carboxylic acids is 1. The normalized spacial score (nSPS) is 16.9. The molecule has 26 heavy (non-hydrogen) atoms. The maximum Gasteiger partial charge on any atom is 0.272 e. The van der Waals surface area contributed by atoms with Gasteiger partial charge in [-0.05, 0) is 43.0 Å². The summed E-state index contributed by atoms with van der Waals surface area (Å²) in [6.45, 7) is 3.80. The van der Waals surface area contributed by atoms with Gasteiger partial charge >= 0.3 is 0 Å². The van der Waals surface area contributed by atoms with E-state index in [9.17, 15) is 4.79 Å². The maximum absolute atomic E-state index is 12.6. The molecule has 0 spiro atoms. The highest BCUT2D eigenvalue weighted by atomic mass is 16.5. The zero-order valence-corrected chi connectivity index (χ0v) is 15.5. The van der Waals surface area contributed by atoms with Gasteiger partial charge in [-0.2, -0.15) is 0 Å². The molecule has 1 atom stereocenters. The molecule has 2 aromatic rings. The van der Waals surface area contributed by atoms with E-state index in [1.54, 1.807) is 26.5 Å². The smallest absolute Gasteiger partial charge is 0.272 e. The molecule has 2 heterocycles. The van der Waals surface area contributed by atoms with E-state index in [-0.39, 0.29) is 5.91 Å². The molecule has 1 amide bonds. The van der Waals surface area contributed by atoms with Gasteiger partial charge in [-0.3, -0.25) is 4.79 Å². The van der Waals surface area contributed by atoms with Crippen molar-refractivity contribution in [3.05, 3.63) is 42.2 Å². The second-order valence-corrected chi connectivity index (χ2v) is 6.62. The van der Waals surface area contributed by atoms with Crippen LogP contribution in [0.25, 0.3) is 0 Å². The molecule has 1 saturated heterocycles. The molecule has 1 aliphatic rings. The van der Waals surface area contributed by atoms with Gasteiger partial charge in [0.05, 0.1) is 31.8 Å². The lowest BCUT2D eigenvalue weighted by molar-refractivity contribution is 0.0677. The molecule has 6 heteroatoms. The number of hydrogen-bond donors (Lipinski definition) is 1. The van der Waals surface area contributed by atoms with Gasteiger partial charge in [-0.25, -0.2) is 4.98 Å². The van der Waals surface area contributed by atoms with Crippen LogP contribution in [-0.2, 0) is 0 Å². The van der Waals surface area contributed by atoms with Crippen molar-refractivity contribution in [1.29, 1.82) is 0 Å². The van der Waals surface area contributed by atoms with E-state index in [2.05, 4.69) is 17.2 Å². The summed E-state index contributed by atoms with van der Waals surface area (Å²) >= 11 is 0.